The predicted molar refractivity (Wildman–Crippen MR) is 103 cm³/mol. The molecule has 0 saturated heterocycles. The van der Waals surface area contributed by atoms with Gasteiger partial charge in [0.05, 0.1) is 26.8 Å². The van der Waals surface area contributed by atoms with Crippen molar-refractivity contribution < 1.29 is 4.79 Å². The van der Waals surface area contributed by atoms with Crippen molar-refractivity contribution in [1.82, 2.24) is 10.4 Å². The fourth-order valence-corrected chi connectivity index (χ4v) is 2.77. The molecule has 4 nitrogen and oxygen atoms in total. The molecular formula is C19H15Cl2N3O. The Balaban J connectivity index is 1.88. The third-order valence-corrected chi connectivity index (χ3v) is 4.49. The van der Waals surface area contributed by atoms with Crippen molar-refractivity contribution in [3.63, 3.8) is 0 Å². The monoisotopic (exact) mass is 371 g/mol. The van der Waals surface area contributed by atoms with Gasteiger partial charge in [-0.25, -0.2) is 5.43 Å². The number of aromatic nitrogens is 1. The number of nitrogens with zero attached hydrogens (tertiary/aromatic N) is 2. The van der Waals surface area contributed by atoms with Gasteiger partial charge in [-0.15, -0.1) is 0 Å². The van der Waals surface area contributed by atoms with Crippen LogP contribution < -0.4 is 5.43 Å². The van der Waals surface area contributed by atoms with Crippen molar-refractivity contribution >= 4 is 45.7 Å². The summed E-state index contributed by atoms with van der Waals surface area (Å²) in [5.41, 5.74) is 6.09. The molecule has 126 valence electrons. The van der Waals surface area contributed by atoms with Crippen LogP contribution in [0.15, 0.2) is 53.6 Å². The van der Waals surface area contributed by atoms with Gasteiger partial charge in [0.15, 0.2) is 0 Å². The summed E-state index contributed by atoms with van der Waals surface area (Å²) in [4.78, 5) is 17.0. The van der Waals surface area contributed by atoms with Crippen LogP contribution in [-0.2, 0) is 0 Å². The molecule has 0 aliphatic carbocycles. The van der Waals surface area contributed by atoms with E-state index < -0.39 is 0 Å². The van der Waals surface area contributed by atoms with Gasteiger partial charge in [-0.2, -0.15) is 5.10 Å². The number of para-hydroxylation sites is 1. The molecule has 0 bridgehead atoms. The third-order valence-electron chi connectivity index (χ3n) is 3.75. The number of nitrogens with one attached hydrogen (secondary N) is 1. The van der Waals surface area contributed by atoms with E-state index in [9.17, 15) is 4.79 Å². The number of aryl methyl sites for hydroxylation is 1. The number of pyridine rings is 1. The quantitative estimate of drug-likeness (QED) is 0.519. The minimum atomic E-state index is -0.291. The molecule has 6 heteroatoms. The second-order valence-electron chi connectivity index (χ2n) is 5.60. The molecule has 1 aromatic heterocycles. The fourth-order valence-electron chi connectivity index (χ4n) is 2.48. The summed E-state index contributed by atoms with van der Waals surface area (Å²) in [6.45, 7) is 3.64. The topological polar surface area (TPSA) is 54.4 Å². The number of amides is 1. The Bertz CT molecular complexity index is 999. The van der Waals surface area contributed by atoms with Crippen molar-refractivity contribution in [2.45, 2.75) is 13.8 Å². The molecule has 1 N–H and O–H groups in total. The molecule has 3 rings (SSSR count). The van der Waals surface area contributed by atoms with E-state index >= 15 is 0 Å². The highest BCUT2D eigenvalue weighted by atomic mass is 35.5. The maximum atomic E-state index is 12.6. The molecule has 3 aromatic rings. The smallest absolute Gasteiger partial charge is 0.267 e. The number of hydrogen-bond acceptors (Lipinski definition) is 3. The maximum absolute atomic E-state index is 12.6. The standard InChI is InChI=1S/C19H15Cl2N3O/c1-11-9-15(14-5-3-4-6-18(14)22-11)19(25)24-23-12(2)13-7-8-16(20)17(21)10-13/h3-10H,1-2H3,(H,24,25)/b23-12-. The lowest BCUT2D eigenvalue weighted by atomic mass is 10.1. The predicted octanol–water partition coefficient (Wildman–Crippen LogP) is 5.00. The molecule has 0 aliphatic rings. The zero-order valence-corrected chi connectivity index (χ0v) is 15.2. The molecule has 25 heavy (non-hydrogen) atoms. The van der Waals surface area contributed by atoms with E-state index in [4.69, 9.17) is 23.2 Å². The van der Waals surface area contributed by atoms with Gasteiger partial charge >= 0.3 is 0 Å². The number of rotatable bonds is 3. The van der Waals surface area contributed by atoms with E-state index in [1.807, 2.05) is 31.2 Å². The summed E-state index contributed by atoms with van der Waals surface area (Å²) in [6, 6.07) is 14.5. The summed E-state index contributed by atoms with van der Waals surface area (Å²) in [6.07, 6.45) is 0. The SMILES string of the molecule is C/C(=N/NC(=O)c1cc(C)nc2ccccc12)c1ccc(Cl)c(Cl)c1. The largest absolute Gasteiger partial charge is 0.272 e. The first-order valence-electron chi connectivity index (χ1n) is 7.62. The average Bonchev–Trinajstić information content (AvgIpc) is 2.60. The van der Waals surface area contributed by atoms with E-state index in [0.29, 0.717) is 21.3 Å². The number of carbonyl (C=O) groups is 1. The van der Waals surface area contributed by atoms with E-state index in [-0.39, 0.29) is 5.91 Å². The minimum absolute atomic E-state index is 0.291. The van der Waals surface area contributed by atoms with Crippen LogP contribution in [0.4, 0.5) is 0 Å². The lowest BCUT2D eigenvalue weighted by Gasteiger charge is -2.07. The van der Waals surface area contributed by atoms with E-state index in [1.165, 1.54) is 0 Å². The fraction of sp³-hybridized carbons (Fsp3) is 0.105. The first-order chi connectivity index (χ1) is 12.0. The average molecular weight is 372 g/mol. The second-order valence-corrected chi connectivity index (χ2v) is 6.41. The van der Waals surface area contributed by atoms with E-state index in [1.54, 1.807) is 31.2 Å². The van der Waals surface area contributed by atoms with Gasteiger partial charge in [-0.3, -0.25) is 9.78 Å². The van der Waals surface area contributed by atoms with Crippen LogP contribution in [-0.4, -0.2) is 16.6 Å². The van der Waals surface area contributed by atoms with Gasteiger partial charge in [-0.1, -0.05) is 47.5 Å². The molecule has 0 saturated carbocycles. The van der Waals surface area contributed by atoms with Crippen LogP contribution in [0.5, 0.6) is 0 Å². The third kappa shape index (κ3) is 3.81. The van der Waals surface area contributed by atoms with Crippen LogP contribution in [0.25, 0.3) is 10.9 Å². The van der Waals surface area contributed by atoms with Crippen molar-refractivity contribution in [1.29, 1.82) is 0 Å². The summed E-state index contributed by atoms with van der Waals surface area (Å²) in [5.74, 6) is -0.291. The van der Waals surface area contributed by atoms with Crippen molar-refractivity contribution in [2.75, 3.05) is 0 Å². The summed E-state index contributed by atoms with van der Waals surface area (Å²) in [7, 11) is 0. The molecule has 0 aliphatic heterocycles. The van der Waals surface area contributed by atoms with Gasteiger partial charge in [0.1, 0.15) is 0 Å². The number of carbonyl (C=O) groups excluding carboxylic acids is 1. The number of halogens is 2. The molecule has 1 heterocycles. The first-order valence-corrected chi connectivity index (χ1v) is 8.38. The lowest BCUT2D eigenvalue weighted by molar-refractivity contribution is 0.0956. The zero-order chi connectivity index (χ0) is 18.0. The van der Waals surface area contributed by atoms with Gasteiger partial charge < -0.3 is 0 Å². The van der Waals surface area contributed by atoms with Gasteiger partial charge in [-0.05, 0) is 43.7 Å². The van der Waals surface area contributed by atoms with Crippen LogP contribution in [0.2, 0.25) is 10.0 Å². The highest BCUT2D eigenvalue weighted by Crippen LogP contribution is 2.23. The Labute approximate surface area is 155 Å². The lowest BCUT2D eigenvalue weighted by Crippen LogP contribution is -2.20. The van der Waals surface area contributed by atoms with Crippen LogP contribution >= 0.6 is 23.2 Å². The minimum Gasteiger partial charge on any atom is -0.267 e. The van der Waals surface area contributed by atoms with E-state index in [0.717, 1.165) is 22.2 Å². The molecule has 1 amide bonds. The summed E-state index contributed by atoms with van der Waals surface area (Å²) in [5, 5.41) is 5.87. The highest BCUT2D eigenvalue weighted by molar-refractivity contribution is 6.42. The normalized spacial score (nSPS) is 11.6. The molecule has 0 spiro atoms. The summed E-state index contributed by atoms with van der Waals surface area (Å²) >= 11 is 11.9. The first kappa shape index (κ1) is 17.4. The Morgan fingerprint density at radius 1 is 1.08 bits per heavy atom. The second kappa shape index (κ2) is 7.21. The zero-order valence-electron chi connectivity index (χ0n) is 13.7. The molecular weight excluding hydrogens is 357 g/mol. The van der Waals surface area contributed by atoms with Crippen molar-refractivity contribution in [2.24, 2.45) is 5.10 Å². The van der Waals surface area contributed by atoms with Crippen LogP contribution in [0.1, 0.15) is 28.5 Å². The Morgan fingerprint density at radius 2 is 1.84 bits per heavy atom. The van der Waals surface area contributed by atoms with Gasteiger partial charge in [0.25, 0.3) is 5.91 Å². The van der Waals surface area contributed by atoms with Gasteiger partial charge in [0.2, 0.25) is 0 Å². The number of benzene rings is 2. The number of fused-ring (bicyclic) bond motifs is 1. The molecule has 0 unspecified atom stereocenters. The molecule has 0 atom stereocenters. The highest BCUT2D eigenvalue weighted by Gasteiger charge is 2.11. The summed E-state index contributed by atoms with van der Waals surface area (Å²) < 4.78 is 0. The Morgan fingerprint density at radius 3 is 2.60 bits per heavy atom. The number of hydrazone groups is 1. The Hall–Kier alpha value is -2.43. The Kier molecular flexibility index (Phi) is 5.02. The molecule has 0 fully saturated rings. The van der Waals surface area contributed by atoms with E-state index in [2.05, 4.69) is 15.5 Å². The number of hydrogen-bond donors (Lipinski definition) is 1. The van der Waals surface area contributed by atoms with Gasteiger partial charge in [0, 0.05) is 11.1 Å². The maximum Gasteiger partial charge on any atom is 0.272 e. The molecule has 0 radical (unpaired) electrons. The van der Waals surface area contributed by atoms with Crippen molar-refractivity contribution in [3.8, 4) is 0 Å². The van der Waals surface area contributed by atoms with Crippen LogP contribution in [0.3, 0.4) is 0 Å². The van der Waals surface area contributed by atoms with Crippen molar-refractivity contribution in [3.05, 3.63) is 75.4 Å². The molecule has 2 aromatic carbocycles. The van der Waals surface area contributed by atoms with Crippen LogP contribution in [0, 0.1) is 6.92 Å².